The fourth-order valence-electron chi connectivity index (χ4n) is 1.86. The molecular formula is C11H19F2N2O4P. The second-order valence-corrected chi connectivity index (χ2v) is 6.22. The number of ketones is 1. The third-order valence-electron chi connectivity index (χ3n) is 2.81. The van der Waals surface area contributed by atoms with Crippen LogP contribution < -0.4 is 5.43 Å². The number of hydrogen-bond acceptors (Lipinski definition) is 6. The Morgan fingerprint density at radius 2 is 1.95 bits per heavy atom. The molecule has 1 heterocycles. The van der Waals surface area contributed by atoms with Gasteiger partial charge in [-0.05, 0) is 13.8 Å². The quantitative estimate of drug-likeness (QED) is 0.696. The number of carbonyl (C=O) groups is 1. The largest absolute Gasteiger partial charge is 0.400 e. The van der Waals surface area contributed by atoms with Gasteiger partial charge in [-0.3, -0.25) is 9.36 Å². The van der Waals surface area contributed by atoms with Crippen molar-refractivity contribution in [1.82, 2.24) is 5.43 Å². The molecule has 0 saturated heterocycles. The van der Waals surface area contributed by atoms with Crippen molar-refractivity contribution in [1.29, 1.82) is 0 Å². The van der Waals surface area contributed by atoms with Crippen molar-refractivity contribution in [2.24, 2.45) is 11.0 Å². The highest BCUT2D eigenvalue weighted by molar-refractivity contribution is 7.55. The molecule has 1 aliphatic heterocycles. The van der Waals surface area contributed by atoms with Crippen LogP contribution in [0.3, 0.4) is 0 Å². The summed E-state index contributed by atoms with van der Waals surface area (Å²) in [6.45, 7) is 3.80. The van der Waals surface area contributed by atoms with Gasteiger partial charge in [-0.15, -0.1) is 0 Å². The molecule has 1 N–H and O–H groups in total. The number of nitrogens with one attached hydrogen (secondary N) is 1. The van der Waals surface area contributed by atoms with Crippen LogP contribution in [-0.2, 0) is 18.4 Å². The number of nitrogens with zero attached hydrogens (tertiary/aromatic N) is 1. The van der Waals surface area contributed by atoms with Gasteiger partial charge in [0, 0.05) is 13.0 Å². The number of alkyl halides is 2. The molecule has 0 spiro atoms. The van der Waals surface area contributed by atoms with Crippen LogP contribution in [0, 0.1) is 5.92 Å². The Balaban J connectivity index is 3.10. The van der Waals surface area contributed by atoms with Crippen LogP contribution in [0.2, 0.25) is 0 Å². The molecule has 6 nitrogen and oxygen atoms in total. The van der Waals surface area contributed by atoms with Gasteiger partial charge in [0.1, 0.15) is 11.6 Å². The Morgan fingerprint density at radius 3 is 2.40 bits per heavy atom. The number of hydrogen-bond donors (Lipinski definition) is 1. The topological polar surface area (TPSA) is 77.0 Å². The van der Waals surface area contributed by atoms with Gasteiger partial charge in [-0.2, -0.15) is 13.9 Å². The van der Waals surface area contributed by atoms with Crippen molar-refractivity contribution in [3.8, 4) is 0 Å². The molecule has 0 amide bonds. The summed E-state index contributed by atoms with van der Waals surface area (Å²) >= 11 is 0. The molecule has 0 saturated carbocycles. The Hall–Kier alpha value is -0.850. The molecular weight excluding hydrogens is 293 g/mol. The predicted octanol–water partition coefficient (Wildman–Crippen LogP) is 2.40. The van der Waals surface area contributed by atoms with E-state index in [4.69, 9.17) is 9.05 Å². The molecule has 0 radical (unpaired) electrons. The first-order valence-electron chi connectivity index (χ1n) is 6.44. The molecule has 1 atom stereocenters. The van der Waals surface area contributed by atoms with Gasteiger partial charge < -0.3 is 14.5 Å². The molecule has 9 heteroatoms. The van der Waals surface area contributed by atoms with Crippen molar-refractivity contribution < 1.29 is 27.2 Å². The summed E-state index contributed by atoms with van der Waals surface area (Å²) in [7, 11) is -4.67. The summed E-state index contributed by atoms with van der Waals surface area (Å²) in [4.78, 5) is 11.6. The molecule has 1 aliphatic rings. The average Bonchev–Trinajstić information content (AvgIpc) is 2.88. The Labute approximate surface area is 116 Å². The SMILES string of the molecule is CCOP(=O)(OCC)C(F)(F)C1CNN=C1C(=O)CC. The molecule has 0 bridgehead atoms. The maximum absolute atomic E-state index is 14.5. The number of rotatable bonds is 8. The van der Waals surface area contributed by atoms with Crippen LogP contribution in [-0.4, -0.2) is 36.9 Å². The van der Waals surface area contributed by atoms with E-state index in [1.165, 1.54) is 13.8 Å². The van der Waals surface area contributed by atoms with Crippen LogP contribution in [0.15, 0.2) is 5.10 Å². The lowest BCUT2D eigenvalue weighted by Gasteiger charge is -2.29. The van der Waals surface area contributed by atoms with E-state index < -0.39 is 25.0 Å². The van der Waals surface area contributed by atoms with Crippen LogP contribution in [0.4, 0.5) is 8.78 Å². The van der Waals surface area contributed by atoms with Crippen LogP contribution in [0.1, 0.15) is 27.2 Å². The summed E-state index contributed by atoms with van der Waals surface area (Å²) < 4.78 is 50.7. The van der Waals surface area contributed by atoms with Gasteiger partial charge in [-0.1, -0.05) is 6.92 Å². The van der Waals surface area contributed by atoms with E-state index in [0.717, 1.165) is 0 Å². The van der Waals surface area contributed by atoms with Crippen molar-refractivity contribution in [3.63, 3.8) is 0 Å². The predicted molar refractivity (Wildman–Crippen MR) is 70.0 cm³/mol. The molecule has 116 valence electrons. The van der Waals surface area contributed by atoms with Crippen LogP contribution >= 0.6 is 7.60 Å². The van der Waals surface area contributed by atoms with E-state index in [1.54, 1.807) is 6.92 Å². The fourth-order valence-corrected chi connectivity index (χ4v) is 3.56. The highest BCUT2D eigenvalue weighted by atomic mass is 31.2. The molecule has 1 unspecified atom stereocenters. The first-order valence-corrected chi connectivity index (χ1v) is 7.98. The third kappa shape index (κ3) is 3.07. The lowest BCUT2D eigenvalue weighted by molar-refractivity contribution is -0.113. The summed E-state index contributed by atoms with van der Waals surface area (Å²) in [5.74, 6) is -2.13. The third-order valence-corrected chi connectivity index (χ3v) is 5.05. The van der Waals surface area contributed by atoms with E-state index in [-0.39, 0.29) is 31.9 Å². The molecule has 0 fully saturated rings. The first kappa shape index (κ1) is 17.2. The summed E-state index contributed by atoms with van der Waals surface area (Å²) in [5, 5.41) is 3.59. The summed E-state index contributed by atoms with van der Waals surface area (Å²) in [5.41, 5.74) is -1.77. The smallest absolute Gasteiger partial charge is 0.309 e. The summed E-state index contributed by atoms with van der Waals surface area (Å²) in [6, 6.07) is 0. The minimum absolute atomic E-state index is 0.0423. The first-order chi connectivity index (χ1) is 9.34. The molecule has 20 heavy (non-hydrogen) atoms. The Morgan fingerprint density at radius 1 is 1.40 bits per heavy atom. The molecule has 0 aromatic heterocycles. The normalized spacial score (nSPS) is 19.6. The molecule has 0 aromatic carbocycles. The van der Waals surface area contributed by atoms with Gasteiger partial charge in [0.25, 0.3) is 0 Å². The van der Waals surface area contributed by atoms with Crippen molar-refractivity contribution in [3.05, 3.63) is 0 Å². The molecule has 0 aromatic rings. The number of carbonyl (C=O) groups excluding carboxylic acids is 1. The highest BCUT2D eigenvalue weighted by Gasteiger charge is 2.61. The van der Waals surface area contributed by atoms with Gasteiger partial charge in [0.15, 0.2) is 5.78 Å². The minimum Gasteiger partial charge on any atom is -0.309 e. The van der Waals surface area contributed by atoms with E-state index in [9.17, 15) is 18.1 Å². The number of hydrazone groups is 1. The fraction of sp³-hybridized carbons (Fsp3) is 0.818. The zero-order valence-corrected chi connectivity index (χ0v) is 12.6. The van der Waals surface area contributed by atoms with E-state index in [1.807, 2.05) is 0 Å². The van der Waals surface area contributed by atoms with Crippen LogP contribution in [0.5, 0.6) is 0 Å². The number of Topliss-reactive ketones (excluding diaryl/α,β-unsaturated/α-hetero) is 1. The maximum Gasteiger partial charge on any atom is 0.400 e. The van der Waals surface area contributed by atoms with Gasteiger partial charge in [0.2, 0.25) is 0 Å². The zero-order valence-electron chi connectivity index (χ0n) is 11.7. The second kappa shape index (κ2) is 6.74. The van der Waals surface area contributed by atoms with Gasteiger partial charge >= 0.3 is 13.3 Å². The molecule has 1 rings (SSSR count). The lowest BCUT2D eigenvalue weighted by Crippen LogP contribution is -2.39. The summed E-state index contributed by atoms with van der Waals surface area (Å²) in [6.07, 6.45) is 0.0423. The van der Waals surface area contributed by atoms with Crippen molar-refractivity contribution in [2.75, 3.05) is 19.8 Å². The van der Waals surface area contributed by atoms with Crippen LogP contribution in [0.25, 0.3) is 0 Å². The van der Waals surface area contributed by atoms with Crippen molar-refractivity contribution >= 4 is 19.1 Å². The Kier molecular flexibility index (Phi) is 5.79. The Bertz CT molecular complexity index is 432. The van der Waals surface area contributed by atoms with E-state index in [2.05, 4.69) is 10.5 Å². The lowest BCUT2D eigenvalue weighted by atomic mass is 10.00. The number of halogens is 2. The minimum atomic E-state index is -4.67. The standard InChI is InChI=1S/C11H19F2N2O4P/c1-4-9(16)10-8(7-14-15-10)11(12,13)20(17,18-5-2)19-6-3/h8,14H,4-7H2,1-3H3. The highest BCUT2D eigenvalue weighted by Crippen LogP contribution is 2.65. The van der Waals surface area contributed by atoms with Gasteiger partial charge in [0.05, 0.1) is 13.2 Å². The van der Waals surface area contributed by atoms with Crippen molar-refractivity contribution in [2.45, 2.75) is 32.9 Å². The monoisotopic (exact) mass is 312 g/mol. The molecule has 0 aliphatic carbocycles. The average molecular weight is 312 g/mol. The second-order valence-electron chi connectivity index (χ2n) is 4.11. The van der Waals surface area contributed by atoms with E-state index >= 15 is 0 Å². The van der Waals surface area contributed by atoms with E-state index in [0.29, 0.717) is 0 Å². The van der Waals surface area contributed by atoms with Gasteiger partial charge in [-0.25, -0.2) is 0 Å². The maximum atomic E-state index is 14.5. The zero-order chi connectivity index (χ0) is 15.4.